The number of carbonyl (C=O) groups is 2. The average molecular weight is 361 g/mol. The third-order valence-electron chi connectivity index (χ3n) is 4.13. The number of para-hydroxylation sites is 1. The first-order valence-corrected chi connectivity index (χ1v) is 8.36. The van der Waals surface area contributed by atoms with Crippen LogP contribution >= 0.6 is 0 Å². The van der Waals surface area contributed by atoms with Crippen LogP contribution < -0.4 is 10.1 Å². The van der Waals surface area contributed by atoms with Crippen LogP contribution in [-0.4, -0.2) is 26.1 Å². The van der Waals surface area contributed by atoms with Gasteiger partial charge in [0.15, 0.2) is 0 Å². The Morgan fingerprint density at radius 2 is 1.48 bits per heavy atom. The molecule has 0 spiro atoms. The van der Waals surface area contributed by atoms with Gasteiger partial charge in [0.1, 0.15) is 5.75 Å². The summed E-state index contributed by atoms with van der Waals surface area (Å²) in [6, 6.07) is 21.9. The summed E-state index contributed by atoms with van der Waals surface area (Å²) < 4.78 is 10.1. The number of carbonyl (C=O) groups excluding carboxylic acids is 2. The number of amides is 1. The van der Waals surface area contributed by atoms with Crippen molar-refractivity contribution in [2.45, 2.75) is 0 Å². The van der Waals surface area contributed by atoms with E-state index in [9.17, 15) is 9.59 Å². The zero-order chi connectivity index (χ0) is 19.2. The Bertz CT molecular complexity index is 967. The second kappa shape index (κ2) is 8.19. The molecular formula is C22H19NO4. The number of hydrogen-bond acceptors (Lipinski definition) is 4. The van der Waals surface area contributed by atoms with Crippen LogP contribution in [0.15, 0.2) is 72.8 Å². The molecule has 0 saturated carbocycles. The van der Waals surface area contributed by atoms with E-state index in [0.29, 0.717) is 17.0 Å². The van der Waals surface area contributed by atoms with E-state index >= 15 is 0 Å². The van der Waals surface area contributed by atoms with Gasteiger partial charge in [0.25, 0.3) is 5.91 Å². The topological polar surface area (TPSA) is 64.6 Å². The molecule has 0 unspecified atom stereocenters. The second-order valence-electron chi connectivity index (χ2n) is 5.77. The molecule has 1 amide bonds. The molecule has 3 aromatic rings. The minimum absolute atomic E-state index is 0.284. The molecule has 0 saturated heterocycles. The molecule has 3 rings (SSSR count). The number of nitrogens with one attached hydrogen (secondary N) is 1. The number of methoxy groups -OCH3 is 2. The molecule has 0 heterocycles. The Morgan fingerprint density at radius 1 is 0.778 bits per heavy atom. The van der Waals surface area contributed by atoms with Crippen LogP contribution in [0.5, 0.6) is 5.75 Å². The maximum Gasteiger partial charge on any atom is 0.339 e. The first-order valence-electron chi connectivity index (χ1n) is 8.36. The Kier molecular flexibility index (Phi) is 5.52. The molecule has 0 aliphatic carbocycles. The van der Waals surface area contributed by atoms with Crippen LogP contribution in [0.3, 0.4) is 0 Å². The number of esters is 1. The number of benzene rings is 3. The van der Waals surface area contributed by atoms with Crippen molar-refractivity contribution in [3.8, 4) is 16.9 Å². The van der Waals surface area contributed by atoms with E-state index in [-0.39, 0.29) is 11.5 Å². The first-order chi connectivity index (χ1) is 13.1. The largest absolute Gasteiger partial charge is 0.496 e. The fourth-order valence-electron chi connectivity index (χ4n) is 2.77. The van der Waals surface area contributed by atoms with Gasteiger partial charge in [0.05, 0.1) is 31.0 Å². The van der Waals surface area contributed by atoms with Crippen LogP contribution in [0, 0.1) is 0 Å². The van der Waals surface area contributed by atoms with Crippen molar-refractivity contribution in [3.63, 3.8) is 0 Å². The molecule has 1 N–H and O–H groups in total. The van der Waals surface area contributed by atoms with E-state index < -0.39 is 5.97 Å². The summed E-state index contributed by atoms with van der Waals surface area (Å²) in [5.74, 6) is -0.445. The predicted molar refractivity (Wildman–Crippen MR) is 104 cm³/mol. The Morgan fingerprint density at radius 3 is 2.19 bits per heavy atom. The molecule has 5 heteroatoms. The van der Waals surface area contributed by atoms with E-state index in [0.717, 1.165) is 11.1 Å². The molecule has 0 aromatic heterocycles. The third-order valence-corrected chi connectivity index (χ3v) is 4.13. The van der Waals surface area contributed by atoms with Crippen LogP contribution in [0.4, 0.5) is 5.69 Å². The second-order valence-corrected chi connectivity index (χ2v) is 5.77. The smallest absolute Gasteiger partial charge is 0.339 e. The third kappa shape index (κ3) is 3.98. The molecule has 27 heavy (non-hydrogen) atoms. The van der Waals surface area contributed by atoms with Crippen molar-refractivity contribution in [3.05, 3.63) is 83.9 Å². The van der Waals surface area contributed by atoms with Gasteiger partial charge in [-0.05, 0) is 35.4 Å². The van der Waals surface area contributed by atoms with Gasteiger partial charge in [-0.2, -0.15) is 0 Å². The summed E-state index contributed by atoms with van der Waals surface area (Å²) in [6.07, 6.45) is 0. The number of ether oxygens (including phenoxy) is 2. The van der Waals surface area contributed by atoms with Crippen LogP contribution in [-0.2, 0) is 4.74 Å². The summed E-state index contributed by atoms with van der Waals surface area (Å²) in [4.78, 5) is 24.8. The van der Waals surface area contributed by atoms with Gasteiger partial charge < -0.3 is 14.8 Å². The minimum atomic E-state index is -0.518. The normalized spacial score (nSPS) is 10.1. The molecule has 3 aromatic carbocycles. The Labute approximate surface area is 157 Å². The Hall–Kier alpha value is -3.60. The Balaban J connectivity index is 1.96. The highest BCUT2D eigenvalue weighted by Crippen LogP contribution is 2.28. The molecule has 0 atom stereocenters. The van der Waals surface area contributed by atoms with E-state index in [2.05, 4.69) is 5.32 Å². The molecule has 0 aliphatic rings. The summed E-state index contributed by atoms with van der Waals surface area (Å²) in [7, 11) is 2.81. The SMILES string of the molecule is COC(=O)c1ccccc1NC(=O)c1cc(-c2ccccc2)ccc1OC. The minimum Gasteiger partial charge on any atom is -0.496 e. The number of rotatable bonds is 5. The van der Waals surface area contributed by atoms with E-state index in [1.54, 1.807) is 36.4 Å². The zero-order valence-electron chi connectivity index (χ0n) is 15.1. The summed E-state index contributed by atoms with van der Waals surface area (Å²) in [5, 5.41) is 2.78. The van der Waals surface area contributed by atoms with E-state index in [1.807, 2.05) is 36.4 Å². The lowest BCUT2D eigenvalue weighted by atomic mass is 10.0. The van der Waals surface area contributed by atoms with Crippen LogP contribution in [0.25, 0.3) is 11.1 Å². The highest BCUT2D eigenvalue weighted by atomic mass is 16.5. The highest BCUT2D eigenvalue weighted by Gasteiger charge is 2.17. The number of anilines is 1. The van der Waals surface area contributed by atoms with Crippen LogP contribution in [0.1, 0.15) is 20.7 Å². The molecule has 0 radical (unpaired) electrons. The molecule has 136 valence electrons. The fraction of sp³-hybridized carbons (Fsp3) is 0.0909. The molecule has 0 aliphatic heterocycles. The van der Waals surface area contributed by atoms with Gasteiger partial charge in [-0.3, -0.25) is 4.79 Å². The van der Waals surface area contributed by atoms with Crippen LogP contribution in [0.2, 0.25) is 0 Å². The van der Waals surface area contributed by atoms with Gasteiger partial charge in [0.2, 0.25) is 0 Å². The zero-order valence-corrected chi connectivity index (χ0v) is 15.1. The summed E-state index contributed by atoms with van der Waals surface area (Å²) >= 11 is 0. The van der Waals surface area contributed by atoms with Crippen molar-refractivity contribution in [2.24, 2.45) is 0 Å². The monoisotopic (exact) mass is 361 g/mol. The van der Waals surface area contributed by atoms with Gasteiger partial charge in [-0.1, -0.05) is 48.5 Å². The standard InChI is InChI=1S/C22H19NO4/c1-26-20-13-12-16(15-8-4-3-5-9-15)14-18(20)21(24)23-19-11-7-6-10-17(19)22(25)27-2/h3-14H,1-2H3,(H,23,24). The maximum atomic E-state index is 12.9. The average Bonchev–Trinajstić information content (AvgIpc) is 2.73. The quantitative estimate of drug-likeness (QED) is 0.684. The van der Waals surface area contributed by atoms with Crippen molar-refractivity contribution in [1.29, 1.82) is 0 Å². The highest BCUT2D eigenvalue weighted by molar-refractivity contribution is 6.09. The maximum absolute atomic E-state index is 12.9. The van der Waals surface area contributed by atoms with Crippen molar-refractivity contribution in [2.75, 3.05) is 19.5 Å². The fourth-order valence-corrected chi connectivity index (χ4v) is 2.77. The summed E-state index contributed by atoms with van der Waals surface area (Å²) in [5.41, 5.74) is 2.92. The van der Waals surface area contributed by atoms with Gasteiger partial charge in [-0.15, -0.1) is 0 Å². The van der Waals surface area contributed by atoms with Gasteiger partial charge in [0, 0.05) is 0 Å². The lowest BCUT2D eigenvalue weighted by Crippen LogP contribution is -2.16. The van der Waals surface area contributed by atoms with Crippen molar-refractivity contribution < 1.29 is 19.1 Å². The molecule has 0 fully saturated rings. The van der Waals surface area contributed by atoms with E-state index in [1.165, 1.54) is 14.2 Å². The molecule has 5 nitrogen and oxygen atoms in total. The molecular weight excluding hydrogens is 342 g/mol. The lowest BCUT2D eigenvalue weighted by molar-refractivity contribution is 0.0602. The van der Waals surface area contributed by atoms with Crippen molar-refractivity contribution in [1.82, 2.24) is 0 Å². The van der Waals surface area contributed by atoms with E-state index in [4.69, 9.17) is 9.47 Å². The van der Waals surface area contributed by atoms with Gasteiger partial charge >= 0.3 is 5.97 Å². The lowest BCUT2D eigenvalue weighted by Gasteiger charge is -2.13. The molecule has 0 bridgehead atoms. The number of hydrogen-bond donors (Lipinski definition) is 1. The van der Waals surface area contributed by atoms with Gasteiger partial charge in [-0.25, -0.2) is 4.79 Å². The summed E-state index contributed by atoms with van der Waals surface area (Å²) in [6.45, 7) is 0. The predicted octanol–water partition coefficient (Wildman–Crippen LogP) is 4.40. The van der Waals surface area contributed by atoms with Crippen molar-refractivity contribution >= 4 is 17.6 Å². The first kappa shape index (κ1) is 18.2.